The molecule has 1 aromatic heterocycles. The van der Waals surface area contributed by atoms with E-state index in [4.69, 9.17) is 22.1 Å². The molecule has 1 aromatic carbocycles. The first-order valence-electron chi connectivity index (χ1n) is 4.64. The van der Waals surface area contributed by atoms with Crippen molar-refractivity contribution in [3.8, 4) is 11.8 Å². The number of hydrogen-bond donors (Lipinski definition) is 1. The number of anilines is 1. The van der Waals surface area contributed by atoms with Gasteiger partial charge in [0, 0.05) is 6.07 Å². The van der Waals surface area contributed by atoms with Gasteiger partial charge in [-0.25, -0.2) is 0 Å². The lowest BCUT2D eigenvalue weighted by Gasteiger charge is -2.03. The van der Waals surface area contributed by atoms with E-state index in [0.29, 0.717) is 0 Å². The first-order valence-corrected chi connectivity index (χ1v) is 5.02. The van der Waals surface area contributed by atoms with Gasteiger partial charge in [0.05, 0.1) is 11.0 Å². The molecule has 0 aliphatic heterocycles. The Bertz CT molecular complexity index is 586. The van der Waals surface area contributed by atoms with Gasteiger partial charge in [-0.3, -0.25) is 10.1 Å². The predicted octanol–water partition coefficient (Wildman–Crippen LogP) is 1.81. The molecule has 1 heterocycles. The Kier molecular flexibility index (Phi) is 3.20. The van der Waals surface area contributed by atoms with Crippen molar-refractivity contribution in [1.82, 2.24) is 15.0 Å². The number of nitrogens with zero attached hydrogens (tertiary/aromatic N) is 4. The smallest absolute Gasteiger partial charge is 0.328 e. The van der Waals surface area contributed by atoms with Gasteiger partial charge in [-0.1, -0.05) is 6.07 Å². The summed E-state index contributed by atoms with van der Waals surface area (Å²) in [6, 6.07) is 5.42. The maximum absolute atomic E-state index is 10.6. The van der Waals surface area contributed by atoms with E-state index in [-0.39, 0.29) is 28.7 Å². The largest absolute Gasteiger partial charge is 0.424 e. The second-order valence-corrected chi connectivity index (χ2v) is 3.44. The highest BCUT2D eigenvalue weighted by Gasteiger charge is 2.09. The topological polar surface area (TPSA) is 117 Å². The molecule has 2 N–H and O–H groups in total. The number of hydrogen-bond acceptors (Lipinski definition) is 7. The number of nitro benzene ring substituents is 1. The fourth-order valence-electron chi connectivity index (χ4n) is 1.16. The summed E-state index contributed by atoms with van der Waals surface area (Å²) in [4.78, 5) is 21.0. The van der Waals surface area contributed by atoms with Gasteiger partial charge in [0.25, 0.3) is 5.69 Å². The van der Waals surface area contributed by atoms with Crippen LogP contribution in [0.2, 0.25) is 5.28 Å². The maximum Gasteiger partial charge on any atom is 0.328 e. The predicted molar refractivity (Wildman–Crippen MR) is 62.4 cm³/mol. The quantitative estimate of drug-likeness (QED) is 0.665. The van der Waals surface area contributed by atoms with Gasteiger partial charge in [-0.2, -0.15) is 15.0 Å². The number of nitro groups is 1. The summed E-state index contributed by atoms with van der Waals surface area (Å²) in [5.74, 6) is 0.0984. The van der Waals surface area contributed by atoms with E-state index in [2.05, 4.69) is 15.0 Å². The van der Waals surface area contributed by atoms with Gasteiger partial charge in [0.2, 0.25) is 11.2 Å². The van der Waals surface area contributed by atoms with E-state index in [9.17, 15) is 10.1 Å². The first kappa shape index (κ1) is 12.0. The Labute approximate surface area is 106 Å². The minimum absolute atomic E-state index is 0.101. The molecule has 0 aliphatic rings. The number of aromatic nitrogens is 3. The Hall–Kier alpha value is -2.48. The van der Waals surface area contributed by atoms with Crippen LogP contribution in [0.25, 0.3) is 0 Å². The molecule has 0 aliphatic carbocycles. The molecule has 18 heavy (non-hydrogen) atoms. The molecule has 0 spiro atoms. The Morgan fingerprint density at radius 2 is 2.11 bits per heavy atom. The zero-order chi connectivity index (χ0) is 13.1. The third-order valence-electron chi connectivity index (χ3n) is 1.84. The van der Waals surface area contributed by atoms with Gasteiger partial charge in [-0.05, 0) is 17.7 Å². The average Bonchev–Trinajstić information content (AvgIpc) is 2.27. The van der Waals surface area contributed by atoms with E-state index in [0.717, 1.165) is 0 Å². The fourth-order valence-corrected chi connectivity index (χ4v) is 1.32. The van der Waals surface area contributed by atoms with Gasteiger partial charge >= 0.3 is 6.01 Å². The molecule has 0 fully saturated rings. The summed E-state index contributed by atoms with van der Waals surface area (Å²) >= 11 is 5.57. The number of nitrogen functional groups attached to an aromatic ring is 1. The molecule has 8 nitrogen and oxygen atoms in total. The SMILES string of the molecule is Nc1nc(Cl)nc(Oc2cccc([N+](=O)[O-])c2)n1. The van der Waals surface area contributed by atoms with E-state index in [1.807, 2.05) is 0 Å². The van der Waals surface area contributed by atoms with E-state index >= 15 is 0 Å². The van der Waals surface area contributed by atoms with E-state index < -0.39 is 4.92 Å². The van der Waals surface area contributed by atoms with Crippen LogP contribution in [0.3, 0.4) is 0 Å². The zero-order valence-electron chi connectivity index (χ0n) is 8.78. The molecule has 0 bridgehead atoms. The lowest BCUT2D eigenvalue weighted by molar-refractivity contribution is -0.384. The highest BCUT2D eigenvalue weighted by Crippen LogP contribution is 2.23. The van der Waals surface area contributed by atoms with Crippen LogP contribution in [0.5, 0.6) is 11.8 Å². The van der Waals surface area contributed by atoms with E-state index in [1.54, 1.807) is 0 Å². The monoisotopic (exact) mass is 267 g/mol. The molecular weight excluding hydrogens is 262 g/mol. The Morgan fingerprint density at radius 3 is 2.78 bits per heavy atom. The third-order valence-corrected chi connectivity index (χ3v) is 2.01. The molecule has 0 amide bonds. The maximum atomic E-state index is 10.6. The van der Waals surface area contributed by atoms with Crippen LogP contribution in [-0.2, 0) is 0 Å². The molecule has 2 rings (SSSR count). The first-order chi connectivity index (χ1) is 8.54. The number of rotatable bonds is 3. The number of nitrogens with two attached hydrogens (primary N) is 1. The Morgan fingerprint density at radius 1 is 1.33 bits per heavy atom. The van der Waals surface area contributed by atoms with Gasteiger partial charge in [-0.15, -0.1) is 0 Å². The van der Waals surface area contributed by atoms with Gasteiger partial charge in [0.15, 0.2) is 0 Å². The summed E-state index contributed by atoms with van der Waals surface area (Å²) in [6.45, 7) is 0. The summed E-state index contributed by atoms with van der Waals surface area (Å²) in [7, 11) is 0. The third kappa shape index (κ3) is 2.80. The molecular formula is C9H6ClN5O3. The number of halogens is 1. The van der Waals surface area contributed by atoms with E-state index in [1.165, 1.54) is 24.3 Å². The number of benzene rings is 1. The summed E-state index contributed by atoms with van der Waals surface area (Å²) < 4.78 is 5.20. The molecule has 9 heteroatoms. The van der Waals surface area contributed by atoms with Crippen molar-refractivity contribution in [1.29, 1.82) is 0 Å². The lowest BCUT2D eigenvalue weighted by Crippen LogP contribution is -2.00. The van der Waals surface area contributed by atoms with Gasteiger partial charge < -0.3 is 10.5 Å². The highest BCUT2D eigenvalue weighted by atomic mass is 35.5. The molecule has 92 valence electrons. The summed E-state index contributed by atoms with van der Waals surface area (Å²) in [5, 5.41) is 10.5. The fraction of sp³-hybridized carbons (Fsp3) is 0. The molecule has 0 radical (unpaired) electrons. The summed E-state index contributed by atoms with van der Waals surface area (Å²) in [6.07, 6.45) is 0. The van der Waals surface area contributed by atoms with Crippen LogP contribution in [0, 0.1) is 10.1 Å². The lowest BCUT2D eigenvalue weighted by atomic mass is 10.3. The van der Waals surface area contributed by atoms with Crippen molar-refractivity contribution in [3.05, 3.63) is 39.7 Å². The van der Waals surface area contributed by atoms with Crippen molar-refractivity contribution in [2.45, 2.75) is 0 Å². The van der Waals surface area contributed by atoms with Crippen molar-refractivity contribution in [2.24, 2.45) is 0 Å². The van der Waals surface area contributed by atoms with Crippen LogP contribution in [0.1, 0.15) is 0 Å². The van der Waals surface area contributed by atoms with Crippen LogP contribution >= 0.6 is 11.6 Å². The van der Waals surface area contributed by atoms with Crippen molar-refractivity contribution in [3.63, 3.8) is 0 Å². The highest BCUT2D eigenvalue weighted by molar-refractivity contribution is 6.28. The van der Waals surface area contributed by atoms with Crippen molar-refractivity contribution in [2.75, 3.05) is 5.73 Å². The molecule has 0 saturated carbocycles. The van der Waals surface area contributed by atoms with Crippen LogP contribution in [-0.4, -0.2) is 19.9 Å². The van der Waals surface area contributed by atoms with Crippen molar-refractivity contribution < 1.29 is 9.66 Å². The standard InChI is InChI=1S/C9H6ClN5O3/c10-7-12-8(11)14-9(13-7)18-6-3-1-2-5(4-6)15(16)17/h1-4H,(H2,11,12,13,14). The van der Waals surface area contributed by atoms with Gasteiger partial charge in [0.1, 0.15) is 5.75 Å². The second kappa shape index (κ2) is 4.80. The number of non-ortho nitro benzene ring substituents is 1. The molecule has 0 saturated heterocycles. The minimum atomic E-state index is -0.540. The normalized spacial score (nSPS) is 10.1. The molecule has 2 aromatic rings. The van der Waals surface area contributed by atoms with Crippen LogP contribution in [0.15, 0.2) is 24.3 Å². The molecule has 0 unspecified atom stereocenters. The minimum Gasteiger partial charge on any atom is -0.424 e. The Balaban J connectivity index is 2.28. The second-order valence-electron chi connectivity index (χ2n) is 3.10. The van der Waals surface area contributed by atoms with Crippen molar-refractivity contribution >= 4 is 23.2 Å². The van der Waals surface area contributed by atoms with Crippen LogP contribution < -0.4 is 10.5 Å². The summed E-state index contributed by atoms with van der Waals surface area (Å²) in [5.41, 5.74) is 5.25. The molecule has 0 atom stereocenters. The number of ether oxygens (including phenoxy) is 1. The zero-order valence-corrected chi connectivity index (χ0v) is 9.53. The van der Waals surface area contributed by atoms with Crippen LogP contribution in [0.4, 0.5) is 11.6 Å². The average molecular weight is 268 g/mol.